The summed E-state index contributed by atoms with van der Waals surface area (Å²) in [6, 6.07) is 26.5. The highest BCUT2D eigenvalue weighted by atomic mass is 35.5. The van der Waals surface area contributed by atoms with Crippen molar-refractivity contribution in [3.05, 3.63) is 124 Å². The van der Waals surface area contributed by atoms with Crippen molar-refractivity contribution in [3.63, 3.8) is 0 Å². The van der Waals surface area contributed by atoms with Gasteiger partial charge >= 0.3 is 5.97 Å². The number of aryl methyl sites for hydroxylation is 1. The van der Waals surface area contributed by atoms with Crippen LogP contribution in [0.25, 0.3) is 6.08 Å². The van der Waals surface area contributed by atoms with E-state index in [1.807, 2.05) is 37.3 Å². The van der Waals surface area contributed by atoms with Crippen LogP contribution in [0.2, 0.25) is 5.02 Å². The number of carbonyl (C=O) groups excluding carboxylic acids is 2. The van der Waals surface area contributed by atoms with Gasteiger partial charge in [-0.3, -0.25) is 4.79 Å². The number of carbonyl (C=O) groups is 2. The van der Waals surface area contributed by atoms with Gasteiger partial charge in [0.15, 0.2) is 11.5 Å². The summed E-state index contributed by atoms with van der Waals surface area (Å²) in [6.45, 7) is 2.46. The molecule has 192 valence electrons. The number of hydrogen-bond donors (Lipinski definition) is 1. The van der Waals surface area contributed by atoms with Crippen LogP contribution in [0.1, 0.15) is 27.0 Å². The first kappa shape index (κ1) is 26.5. The minimum absolute atomic E-state index is 0.287. The van der Waals surface area contributed by atoms with Gasteiger partial charge in [0.2, 0.25) is 0 Å². The molecule has 0 bridgehead atoms. The van der Waals surface area contributed by atoms with E-state index in [2.05, 4.69) is 5.32 Å². The first-order valence-corrected chi connectivity index (χ1v) is 12.2. The molecule has 1 amide bonds. The number of anilines is 1. The molecule has 0 aromatic heterocycles. The molecular formula is C31H26ClNO5. The summed E-state index contributed by atoms with van der Waals surface area (Å²) in [5, 5.41) is 3.37. The molecule has 7 heteroatoms. The lowest BCUT2D eigenvalue weighted by Crippen LogP contribution is -2.11. The number of hydrogen-bond acceptors (Lipinski definition) is 5. The van der Waals surface area contributed by atoms with Crippen LogP contribution in [-0.2, 0) is 11.4 Å². The van der Waals surface area contributed by atoms with Crippen molar-refractivity contribution < 1.29 is 23.8 Å². The fourth-order valence-electron chi connectivity index (χ4n) is 3.56. The van der Waals surface area contributed by atoms with Crippen LogP contribution < -0.4 is 19.5 Å². The molecule has 0 atom stereocenters. The van der Waals surface area contributed by atoms with Crippen LogP contribution >= 0.6 is 11.6 Å². The summed E-state index contributed by atoms with van der Waals surface area (Å²) in [6.07, 6.45) is 2.95. The number of ether oxygens (including phenoxy) is 3. The molecule has 0 fully saturated rings. The van der Waals surface area contributed by atoms with Gasteiger partial charge in [-0.05, 0) is 90.4 Å². The van der Waals surface area contributed by atoms with Gasteiger partial charge in [-0.2, -0.15) is 0 Å². The van der Waals surface area contributed by atoms with E-state index in [4.69, 9.17) is 25.8 Å². The SMILES string of the molecule is COc1cc(/C=C/C(=O)Oc2ccc(C(=O)Nc3ccc(Cl)cc3)cc2)ccc1OCc1ccccc1C. The average Bonchev–Trinajstić information content (AvgIpc) is 2.93. The molecule has 0 saturated heterocycles. The second-order valence-electron chi connectivity index (χ2n) is 8.37. The van der Waals surface area contributed by atoms with Crippen molar-refractivity contribution >= 4 is 35.2 Å². The maximum atomic E-state index is 12.4. The van der Waals surface area contributed by atoms with Crippen molar-refractivity contribution in [2.75, 3.05) is 12.4 Å². The largest absolute Gasteiger partial charge is 0.493 e. The standard InChI is InChI=1S/C31H26ClNO5/c1-21-5-3-4-6-24(21)20-37-28-17-7-22(19-29(28)36-2)8-18-30(34)38-27-15-9-23(10-16-27)31(35)33-26-13-11-25(32)12-14-26/h3-19H,20H2,1-2H3,(H,33,35)/b18-8+. The Morgan fingerprint density at radius 1 is 0.895 bits per heavy atom. The zero-order valence-electron chi connectivity index (χ0n) is 20.9. The smallest absolute Gasteiger partial charge is 0.336 e. The quantitative estimate of drug-likeness (QED) is 0.143. The Hall–Kier alpha value is -4.55. The molecule has 4 aromatic carbocycles. The van der Waals surface area contributed by atoms with Gasteiger partial charge in [-0.1, -0.05) is 41.9 Å². The third-order valence-electron chi connectivity index (χ3n) is 5.68. The second kappa shape index (κ2) is 12.6. The maximum absolute atomic E-state index is 12.4. The number of methoxy groups -OCH3 is 1. The van der Waals surface area contributed by atoms with Crippen molar-refractivity contribution in [3.8, 4) is 17.2 Å². The van der Waals surface area contributed by atoms with Crippen molar-refractivity contribution in [1.29, 1.82) is 0 Å². The zero-order chi connectivity index (χ0) is 26.9. The van der Waals surface area contributed by atoms with Crippen LogP contribution in [-0.4, -0.2) is 19.0 Å². The predicted octanol–water partition coefficient (Wildman–Crippen LogP) is 7.11. The maximum Gasteiger partial charge on any atom is 0.336 e. The van der Waals surface area contributed by atoms with Gasteiger partial charge in [0.25, 0.3) is 5.91 Å². The summed E-state index contributed by atoms with van der Waals surface area (Å²) < 4.78 is 16.8. The summed E-state index contributed by atoms with van der Waals surface area (Å²) in [5.41, 5.74) is 4.04. The monoisotopic (exact) mass is 527 g/mol. The molecule has 0 aliphatic carbocycles. The molecule has 0 unspecified atom stereocenters. The molecule has 4 rings (SSSR count). The highest BCUT2D eigenvalue weighted by Gasteiger charge is 2.09. The second-order valence-corrected chi connectivity index (χ2v) is 8.80. The molecule has 0 radical (unpaired) electrons. The fraction of sp³-hybridized carbons (Fsp3) is 0.0968. The van der Waals surface area contributed by atoms with Crippen LogP contribution in [0.5, 0.6) is 17.2 Å². The number of amides is 1. The number of rotatable bonds is 9. The number of halogens is 1. The topological polar surface area (TPSA) is 73.9 Å². The summed E-state index contributed by atoms with van der Waals surface area (Å²) in [5.74, 6) is 0.644. The average molecular weight is 528 g/mol. The van der Waals surface area contributed by atoms with E-state index in [1.165, 1.54) is 6.08 Å². The third kappa shape index (κ3) is 7.24. The van der Waals surface area contributed by atoms with E-state index < -0.39 is 5.97 Å². The van der Waals surface area contributed by atoms with Crippen LogP contribution in [0.15, 0.2) is 97.1 Å². The molecule has 0 saturated carbocycles. The predicted molar refractivity (Wildman–Crippen MR) is 149 cm³/mol. The van der Waals surface area contributed by atoms with Gasteiger partial charge in [0.1, 0.15) is 12.4 Å². The lowest BCUT2D eigenvalue weighted by atomic mass is 10.1. The minimum atomic E-state index is -0.554. The normalized spacial score (nSPS) is 10.7. The van der Waals surface area contributed by atoms with Crippen LogP contribution in [0, 0.1) is 6.92 Å². The number of benzene rings is 4. The highest BCUT2D eigenvalue weighted by molar-refractivity contribution is 6.30. The van der Waals surface area contributed by atoms with E-state index >= 15 is 0 Å². The third-order valence-corrected chi connectivity index (χ3v) is 5.93. The van der Waals surface area contributed by atoms with Gasteiger partial charge in [-0.25, -0.2) is 4.79 Å². The van der Waals surface area contributed by atoms with Crippen LogP contribution in [0.3, 0.4) is 0 Å². The summed E-state index contributed by atoms with van der Waals surface area (Å²) >= 11 is 5.87. The Labute approximate surface area is 226 Å². The van der Waals surface area contributed by atoms with E-state index in [0.717, 1.165) is 16.7 Å². The van der Waals surface area contributed by atoms with E-state index in [1.54, 1.807) is 73.8 Å². The first-order valence-electron chi connectivity index (χ1n) is 11.8. The molecular weight excluding hydrogens is 502 g/mol. The van der Waals surface area contributed by atoms with Crippen molar-refractivity contribution in [2.24, 2.45) is 0 Å². The lowest BCUT2D eigenvalue weighted by Gasteiger charge is -2.12. The number of nitrogens with one attached hydrogen (secondary N) is 1. The van der Waals surface area contributed by atoms with Gasteiger partial charge in [0, 0.05) is 22.3 Å². The molecule has 0 heterocycles. The molecule has 38 heavy (non-hydrogen) atoms. The Morgan fingerprint density at radius 2 is 1.63 bits per heavy atom. The molecule has 1 N–H and O–H groups in total. The van der Waals surface area contributed by atoms with E-state index in [9.17, 15) is 9.59 Å². The zero-order valence-corrected chi connectivity index (χ0v) is 21.7. The minimum Gasteiger partial charge on any atom is -0.493 e. The van der Waals surface area contributed by atoms with E-state index in [-0.39, 0.29) is 5.91 Å². The van der Waals surface area contributed by atoms with Gasteiger partial charge in [0.05, 0.1) is 7.11 Å². The van der Waals surface area contributed by atoms with Gasteiger partial charge in [-0.15, -0.1) is 0 Å². The number of esters is 1. The Kier molecular flexibility index (Phi) is 8.80. The molecule has 6 nitrogen and oxygen atoms in total. The Morgan fingerprint density at radius 3 is 2.34 bits per heavy atom. The Bertz CT molecular complexity index is 1450. The molecule has 0 aliphatic heterocycles. The first-order chi connectivity index (χ1) is 18.4. The summed E-state index contributed by atoms with van der Waals surface area (Å²) in [4.78, 5) is 24.7. The van der Waals surface area contributed by atoms with Crippen molar-refractivity contribution in [2.45, 2.75) is 13.5 Å². The molecule has 0 aliphatic rings. The van der Waals surface area contributed by atoms with Crippen LogP contribution in [0.4, 0.5) is 5.69 Å². The van der Waals surface area contributed by atoms with E-state index in [0.29, 0.717) is 40.1 Å². The molecule has 4 aromatic rings. The Balaban J connectivity index is 1.32. The highest BCUT2D eigenvalue weighted by Crippen LogP contribution is 2.29. The van der Waals surface area contributed by atoms with Gasteiger partial charge < -0.3 is 19.5 Å². The lowest BCUT2D eigenvalue weighted by molar-refractivity contribution is -0.128. The molecule has 0 spiro atoms. The van der Waals surface area contributed by atoms with Crippen molar-refractivity contribution in [1.82, 2.24) is 0 Å². The fourth-order valence-corrected chi connectivity index (χ4v) is 3.69. The summed E-state index contributed by atoms with van der Waals surface area (Å²) in [7, 11) is 1.57.